The summed E-state index contributed by atoms with van der Waals surface area (Å²) >= 11 is 5.73. The van der Waals surface area contributed by atoms with Crippen molar-refractivity contribution < 1.29 is 18.0 Å². The lowest BCUT2D eigenvalue weighted by Gasteiger charge is -2.11. The van der Waals surface area contributed by atoms with Gasteiger partial charge in [-0.05, 0) is 24.3 Å². The molecule has 2 rings (SSSR count). The molecule has 20 heavy (non-hydrogen) atoms. The van der Waals surface area contributed by atoms with Crippen LogP contribution in [0.1, 0.15) is 10.5 Å². The first kappa shape index (κ1) is 14.4. The monoisotopic (exact) mass is 303 g/mol. The molecule has 0 bridgehead atoms. The molecule has 0 aliphatic rings. The lowest BCUT2D eigenvalue weighted by Crippen LogP contribution is -2.23. The summed E-state index contributed by atoms with van der Waals surface area (Å²) in [5.74, 6) is -0.517. The number of alkyl halides is 3. The van der Waals surface area contributed by atoms with Gasteiger partial charge in [0.15, 0.2) is 0 Å². The molecule has 0 atom stereocenters. The zero-order chi connectivity index (χ0) is 14.8. The van der Waals surface area contributed by atoms with E-state index in [9.17, 15) is 18.0 Å². The van der Waals surface area contributed by atoms with Gasteiger partial charge in [0.2, 0.25) is 0 Å². The van der Waals surface area contributed by atoms with Crippen molar-refractivity contribution in [1.29, 1.82) is 0 Å². The van der Waals surface area contributed by atoms with Crippen LogP contribution in [0.5, 0.6) is 0 Å². The van der Waals surface area contributed by atoms with Crippen molar-refractivity contribution in [3.05, 3.63) is 47.4 Å². The third kappa shape index (κ3) is 3.74. The first-order valence-corrected chi connectivity index (χ1v) is 5.88. The van der Waals surface area contributed by atoms with Crippen LogP contribution in [0.25, 0.3) is 0 Å². The smallest absolute Gasteiger partial charge is 0.334 e. The van der Waals surface area contributed by atoms with Crippen LogP contribution in [0.2, 0.25) is 5.02 Å². The van der Waals surface area contributed by atoms with E-state index in [4.69, 9.17) is 11.6 Å². The molecule has 4 nitrogen and oxygen atoms in total. The third-order valence-electron chi connectivity index (χ3n) is 2.38. The molecular weight excluding hydrogens is 295 g/mol. The molecule has 8 heteroatoms. The second kappa shape index (κ2) is 5.54. The fraction of sp³-hybridized carbons (Fsp3) is 0.167. The van der Waals surface area contributed by atoms with Gasteiger partial charge < -0.3 is 9.88 Å². The molecule has 0 aromatic carbocycles. The Kier molecular flexibility index (Phi) is 3.99. The second-order valence-corrected chi connectivity index (χ2v) is 4.39. The van der Waals surface area contributed by atoms with E-state index in [0.717, 1.165) is 4.57 Å². The van der Waals surface area contributed by atoms with Gasteiger partial charge in [0, 0.05) is 17.4 Å². The molecule has 2 aromatic rings. The number of anilines is 1. The molecule has 0 saturated carbocycles. The van der Waals surface area contributed by atoms with Crippen molar-refractivity contribution in [3.8, 4) is 0 Å². The van der Waals surface area contributed by atoms with Crippen molar-refractivity contribution in [2.24, 2.45) is 0 Å². The van der Waals surface area contributed by atoms with Crippen LogP contribution in [0.15, 0.2) is 36.7 Å². The van der Waals surface area contributed by atoms with Crippen LogP contribution >= 0.6 is 11.6 Å². The summed E-state index contributed by atoms with van der Waals surface area (Å²) in [5, 5.41) is 2.75. The molecule has 106 valence electrons. The standard InChI is InChI=1S/C12H9ClF3N3O/c13-8-3-4-17-10(6-8)18-11(20)9-2-1-5-19(9)7-12(14,15)16/h1-6H,7H2,(H,17,18,20). The van der Waals surface area contributed by atoms with Gasteiger partial charge in [0.05, 0.1) is 0 Å². The van der Waals surface area contributed by atoms with Gasteiger partial charge in [-0.1, -0.05) is 11.6 Å². The highest BCUT2D eigenvalue weighted by Crippen LogP contribution is 2.19. The summed E-state index contributed by atoms with van der Waals surface area (Å²) in [6, 6.07) is 5.58. The minimum absolute atomic E-state index is 0.107. The van der Waals surface area contributed by atoms with Gasteiger partial charge in [-0.2, -0.15) is 13.2 Å². The number of rotatable bonds is 3. The van der Waals surface area contributed by atoms with Crippen molar-refractivity contribution in [3.63, 3.8) is 0 Å². The van der Waals surface area contributed by atoms with E-state index in [0.29, 0.717) is 5.02 Å². The summed E-state index contributed by atoms with van der Waals surface area (Å²) in [7, 11) is 0. The van der Waals surface area contributed by atoms with E-state index >= 15 is 0 Å². The van der Waals surface area contributed by atoms with E-state index in [1.807, 2.05) is 0 Å². The molecule has 0 fully saturated rings. The fourth-order valence-electron chi connectivity index (χ4n) is 1.60. The average Bonchev–Trinajstić information content (AvgIpc) is 2.74. The lowest BCUT2D eigenvalue weighted by atomic mass is 10.3. The van der Waals surface area contributed by atoms with Crippen molar-refractivity contribution in [2.75, 3.05) is 5.32 Å². The topological polar surface area (TPSA) is 46.9 Å². The van der Waals surface area contributed by atoms with Gasteiger partial charge in [-0.25, -0.2) is 4.98 Å². The Labute approximate surface area is 117 Å². The van der Waals surface area contributed by atoms with E-state index in [-0.39, 0.29) is 11.5 Å². The summed E-state index contributed by atoms with van der Waals surface area (Å²) in [5.41, 5.74) is -0.107. The molecule has 2 aromatic heterocycles. The van der Waals surface area contributed by atoms with E-state index < -0.39 is 18.6 Å². The molecule has 0 saturated heterocycles. The number of halogens is 4. The second-order valence-electron chi connectivity index (χ2n) is 3.95. The molecule has 1 amide bonds. The van der Waals surface area contributed by atoms with Gasteiger partial charge in [0.25, 0.3) is 5.91 Å². The van der Waals surface area contributed by atoms with Crippen LogP contribution in [0.3, 0.4) is 0 Å². The molecular formula is C12H9ClF3N3O. The van der Waals surface area contributed by atoms with Gasteiger partial charge in [0.1, 0.15) is 18.1 Å². The Hall–Kier alpha value is -2.02. The van der Waals surface area contributed by atoms with Crippen LogP contribution in [-0.2, 0) is 6.54 Å². The number of pyridine rings is 1. The Morgan fingerprint density at radius 2 is 2.15 bits per heavy atom. The van der Waals surface area contributed by atoms with Crippen LogP contribution in [-0.4, -0.2) is 21.6 Å². The van der Waals surface area contributed by atoms with Gasteiger partial charge in [-0.3, -0.25) is 4.79 Å². The minimum atomic E-state index is -4.40. The zero-order valence-electron chi connectivity index (χ0n) is 9.99. The predicted molar refractivity (Wildman–Crippen MR) is 67.7 cm³/mol. The lowest BCUT2D eigenvalue weighted by molar-refractivity contribution is -0.140. The molecule has 0 radical (unpaired) electrons. The number of amides is 1. The van der Waals surface area contributed by atoms with Gasteiger partial charge >= 0.3 is 6.18 Å². The zero-order valence-corrected chi connectivity index (χ0v) is 10.7. The van der Waals surface area contributed by atoms with Crippen molar-refractivity contribution in [2.45, 2.75) is 12.7 Å². The molecule has 0 aliphatic carbocycles. The number of aromatic nitrogens is 2. The summed E-state index contributed by atoms with van der Waals surface area (Å²) < 4.78 is 37.9. The van der Waals surface area contributed by atoms with Crippen LogP contribution < -0.4 is 5.32 Å². The van der Waals surface area contributed by atoms with Crippen LogP contribution in [0.4, 0.5) is 19.0 Å². The Balaban J connectivity index is 2.16. The quantitative estimate of drug-likeness (QED) is 0.945. The van der Waals surface area contributed by atoms with E-state index in [1.54, 1.807) is 0 Å². The highest BCUT2D eigenvalue weighted by Gasteiger charge is 2.29. The first-order valence-electron chi connectivity index (χ1n) is 5.50. The summed E-state index contributed by atoms with van der Waals surface area (Å²) in [6.07, 6.45) is -1.83. The predicted octanol–water partition coefficient (Wildman–Crippen LogP) is 3.35. The number of hydrogen-bond acceptors (Lipinski definition) is 2. The number of hydrogen-bond donors (Lipinski definition) is 1. The van der Waals surface area contributed by atoms with E-state index in [1.165, 1.54) is 36.7 Å². The minimum Gasteiger partial charge on any atom is -0.334 e. The maximum absolute atomic E-state index is 12.4. The highest BCUT2D eigenvalue weighted by molar-refractivity contribution is 6.30. The average molecular weight is 304 g/mol. The third-order valence-corrected chi connectivity index (χ3v) is 2.61. The Morgan fingerprint density at radius 1 is 1.40 bits per heavy atom. The largest absolute Gasteiger partial charge is 0.406 e. The van der Waals surface area contributed by atoms with Crippen LogP contribution in [0, 0.1) is 0 Å². The van der Waals surface area contributed by atoms with Crippen molar-refractivity contribution >= 4 is 23.3 Å². The number of carbonyl (C=O) groups is 1. The maximum Gasteiger partial charge on any atom is 0.406 e. The Bertz CT molecular complexity index is 624. The highest BCUT2D eigenvalue weighted by atomic mass is 35.5. The Morgan fingerprint density at radius 3 is 2.80 bits per heavy atom. The number of nitrogens with one attached hydrogen (secondary N) is 1. The maximum atomic E-state index is 12.4. The first-order chi connectivity index (χ1) is 9.35. The summed E-state index contributed by atoms with van der Waals surface area (Å²) in [6.45, 7) is -1.23. The van der Waals surface area contributed by atoms with Gasteiger partial charge in [-0.15, -0.1) is 0 Å². The number of carbonyl (C=O) groups excluding carboxylic acids is 1. The molecule has 2 heterocycles. The van der Waals surface area contributed by atoms with Crippen molar-refractivity contribution in [1.82, 2.24) is 9.55 Å². The summed E-state index contributed by atoms with van der Waals surface area (Å²) in [4.78, 5) is 15.8. The molecule has 0 spiro atoms. The molecule has 0 aliphatic heterocycles. The molecule has 0 unspecified atom stereocenters. The normalized spacial score (nSPS) is 11.4. The fourth-order valence-corrected chi connectivity index (χ4v) is 1.76. The SMILES string of the molecule is O=C(Nc1cc(Cl)ccn1)c1cccn1CC(F)(F)F. The van der Waals surface area contributed by atoms with E-state index in [2.05, 4.69) is 10.3 Å². The number of nitrogens with zero attached hydrogens (tertiary/aromatic N) is 2. The molecule has 1 N–H and O–H groups in total.